The summed E-state index contributed by atoms with van der Waals surface area (Å²) in [6.45, 7) is 3.61. The zero-order valence-electron chi connectivity index (χ0n) is 13.4. The molecule has 4 rings (SSSR count). The molecule has 0 radical (unpaired) electrons. The zero-order chi connectivity index (χ0) is 16.5. The van der Waals surface area contributed by atoms with Crippen LogP contribution in [0, 0.1) is 6.92 Å². The first-order valence-electron chi connectivity index (χ1n) is 7.96. The molecule has 0 fully saturated rings. The summed E-state index contributed by atoms with van der Waals surface area (Å²) in [5.41, 5.74) is 3.84. The number of pyridine rings is 1. The molecular formula is C18H18N4O2. The fraction of sp³-hybridized carbons (Fsp3) is 0.278. The van der Waals surface area contributed by atoms with E-state index in [1.165, 1.54) is 5.56 Å². The molecule has 1 atom stereocenters. The van der Waals surface area contributed by atoms with Gasteiger partial charge in [0.2, 0.25) is 0 Å². The Morgan fingerprint density at radius 2 is 2.17 bits per heavy atom. The van der Waals surface area contributed by atoms with Gasteiger partial charge in [0.15, 0.2) is 0 Å². The predicted octanol–water partition coefficient (Wildman–Crippen LogP) is 2.24. The SMILES string of the molecule is Cc1ccc2c(c1)nc1n2C(CNC(=O)c2ccncc2)COC1. The number of rotatable bonds is 3. The van der Waals surface area contributed by atoms with Crippen LogP contribution < -0.4 is 5.32 Å². The fourth-order valence-corrected chi connectivity index (χ4v) is 3.09. The molecule has 1 aliphatic rings. The van der Waals surface area contributed by atoms with Gasteiger partial charge in [0.05, 0.1) is 23.7 Å². The van der Waals surface area contributed by atoms with Crippen LogP contribution in [-0.2, 0) is 11.3 Å². The van der Waals surface area contributed by atoms with E-state index in [-0.39, 0.29) is 11.9 Å². The molecular weight excluding hydrogens is 304 g/mol. The van der Waals surface area contributed by atoms with E-state index >= 15 is 0 Å². The number of imidazole rings is 1. The third-order valence-electron chi connectivity index (χ3n) is 4.27. The summed E-state index contributed by atoms with van der Waals surface area (Å²) in [5.74, 6) is 0.801. The highest BCUT2D eigenvalue weighted by atomic mass is 16.5. The predicted molar refractivity (Wildman–Crippen MR) is 89.7 cm³/mol. The van der Waals surface area contributed by atoms with Crippen LogP contribution in [0.3, 0.4) is 0 Å². The molecule has 3 aromatic rings. The highest BCUT2D eigenvalue weighted by molar-refractivity contribution is 5.94. The van der Waals surface area contributed by atoms with Crippen LogP contribution in [-0.4, -0.2) is 33.6 Å². The molecule has 6 nitrogen and oxygen atoms in total. The van der Waals surface area contributed by atoms with Crippen LogP contribution in [0.2, 0.25) is 0 Å². The van der Waals surface area contributed by atoms with E-state index in [2.05, 4.69) is 45.0 Å². The van der Waals surface area contributed by atoms with E-state index in [1.54, 1.807) is 24.5 Å². The second kappa shape index (κ2) is 6.05. The number of fused-ring (bicyclic) bond motifs is 3. The standard InChI is InChI=1S/C18H18N4O2/c1-12-2-3-16-15(8-12)21-17-11-24-10-14(22(16)17)9-20-18(23)13-4-6-19-7-5-13/h2-8,14H,9-11H2,1H3,(H,20,23). The van der Waals surface area contributed by atoms with Gasteiger partial charge in [0.25, 0.3) is 5.91 Å². The number of carbonyl (C=O) groups is 1. The first kappa shape index (κ1) is 14.8. The summed E-state index contributed by atoms with van der Waals surface area (Å²) in [7, 11) is 0. The van der Waals surface area contributed by atoms with Crippen LogP contribution in [0.25, 0.3) is 11.0 Å². The minimum absolute atomic E-state index is 0.0345. The summed E-state index contributed by atoms with van der Waals surface area (Å²) < 4.78 is 7.85. The van der Waals surface area contributed by atoms with Crippen molar-refractivity contribution in [3.8, 4) is 0 Å². The van der Waals surface area contributed by atoms with Crippen molar-refractivity contribution < 1.29 is 9.53 Å². The number of benzene rings is 1. The van der Waals surface area contributed by atoms with Gasteiger partial charge in [-0.25, -0.2) is 4.98 Å². The maximum Gasteiger partial charge on any atom is 0.251 e. The van der Waals surface area contributed by atoms with Crippen molar-refractivity contribution >= 4 is 16.9 Å². The number of carbonyl (C=O) groups excluding carboxylic acids is 1. The third-order valence-corrected chi connectivity index (χ3v) is 4.27. The number of aromatic nitrogens is 3. The molecule has 1 amide bonds. The lowest BCUT2D eigenvalue weighted by molar-refractivity contribution is 0.0553. The number of amides is 1. The first-order chi connectivity index (χ1) is 11.7. The Hall–Kier alpha value is -2.73. The lowest BCUT2D eigenvalue weighted by atomic mass is 10.2. The maximum absolute atomic E-state index is 12.2. The van der Waals surface area contributed by atoms with Crippen LogP contribution in [0.4, 0.5) is 0 Å². The molecule has 2 aromatic heterocycles. The summed E-state index contributed by atoms with van der Waals surface area (Å²) in [5, 5.41) is 2.98. The van der Waals surface area contributed by atoms with Gasteiger partial charge >= 0.3 is 0 Å². The highest BCUT2D eigenvalue weighted by Crippen LogP contribution is 2.26. The van der Waals surface area contributed by atoms with E-state index in [0.29, 0.717) is 25.3 Å². The molecule has 0 spiro atoms. The van der Waals surface area contributed by atoms with Gasteiger partial charge in [-0.15, -0.1) is 0 Å². The van der Waals surface area contributed by atoms with Gasteiger partial charge in [-0.05, 0) is 36.8 Å². The molecule has 1 unspecified atom stereocenters. The smallest absolute Gasteiger partial charge is 0.251 e. The van der Waals surface area contributed by atoms with Crippen LogP contribution in [0.15, 0.2) is 42.7 Å². The van der Waals surface area contributed by atoms with Gasteiger partial charge in [-0.1, -0.05) is 6.07 Å². The Bertz CT molecular complexity index is 889. The monoisotopic (exact) mass is 322 g/mol. The molecule has 1 aromatic carbocycles. The summed E-state index contributed by atoms with van der Waals surface area (Å²) in [6, 6.07) is 9.69. The number of ether oxygens (including phenoxy) is 1. The Morgan fingerprint density at radius 3 is 3.00 bits per heavy atom. The summed E-state index contributed by atoms with van der Waals surface area (Å²) >= 11 is 0. The van der Waals surface area contributed by atoms with Crippen molar-refractivity contribution in [2.45, 2.75) is 19.6 Å². The summed E-state index contributed by atoms with van der Waals surface area (Å²) in [4.78, 5) is 20.8. The second-order valence-corrected chi connectivity index (χ2v) is 6.01. The molecule has 1 aliphatic heterocycles. The van der Waals surface area contributed by atoms with E-state index < -0.39 is 0 Å². The average molecular weight is 322 g/mol. The number of aryl methyl sites for hydroxylation is 1. The van der Waals surface area contributed by atoms with Crippen molar-refractivity contribution in [2.75, 3.05) is 13.2 Å². The summed E-state index contributed by atoms with van der Waals surface area (Å²) in [6.07, 6.45) is 3.23. The van der Waals surface area contributed by atoms with Crippen LogP contribution in [0.1, 0.15) is 27.8 Å². The van der Waals surface area contributed by atoms with Crippen LogP contribution >= 0.6 is 0 Å². The maximum atomic E-state index is 12.2. The van der Waals surface area contributed by atoms with Crippen molar-refractivity contribution in [2.24, 2.45) is 0 Å². The van der Waals surface area contributed by atoms with Crippen molar-refractivity contribution in [1.29, 1.82) is 0 Å². The van der Waals surface area contributed by atoms with Crippen LogP contribution in [0.5, 0.6) is 0 Å². The second-order valence-electron chi connectivity index (χ2n) is 6.01. The number of nitrogens with zero attached hydrogens (tertiary/aromatic N) is 3. The normalized spacial score (nSPS) is 16.8. The molecule has 6 heteroatoms. The third kappa shape index (κ3) is 2.65. The van der Waals surface area contributed by atoms with Gasteiger partial charge in [-0.3, -0.25) is 9.78 Å². The zero-order valence-corrected chi connectivity index (χ0v) is 13.4. The fourth-order valence-electron chi connectivity index (χ4n) is 3.09. The minimum Gasteiger partial charge on any atom is -0.371 e. The number of hydrogen-bond acceptors (Lipinski definition) is 4. The number of hydrogen-bond donors (Lipinski definition) is 1. The molecule has 24 heavy (non-hydrogen) atoms. The van der Waals surface area contributed by atoms with Gasteiger partial charge < -0.3 is 14.6 Å². The minimum atomic E-state index is -0.107. The molecule has 0 bridgehead atoms. The molecule has 0 saturated carbocycles. The van der Waals surface area contributed by atoms with Crippen molar-refractivity contribution in [3.63, 3.8) is 0 Å². The van der Waals surface area contributed by atoms with Gasteiger partial charge in [-0.2, -0.15) is 0 Å². The lowest BCUT2D eigenvalue weighted by Crippen LogP contribution is -2.35. The molecule has 122 valence electrons. The Morgan fingerprint density at radius 1 is 1.33 bits per heavy atom. The van der Waals surface area contributed by atoms with Gasteiger partial charge in [0, 0.05) is 24.5 Å². The Labute approximate surface area is 139 Å². The Balaban J connectivity index is 1.58. The quantitative estimate of drug-likeness (QED) is 0.803. The highest BCUT2D eigenvalue weighted by Gasteiger charge is 2.24. The molecule has 0 aliphatic carbocycles. The Kier molecular flexibility index (Phi) is 3.74. The largest absolute Gasteiger partial charge is 0.371 e. The molecule has 0 saturated heterocycles. The number of nitrogens with one attached hydrogen (secondary N) is 1. The molecule has 1 N–H and O–H groups in total. The van der Waals surface area contributed by atoms with Gasteiger partial charge in [0.1, 0.15) is 12.4 Å². The first-order valence-corrected chi connectivity index (χ1v) is 7.96. The van der Waals surface area contributed by atoms with E-state index in [0.717, 1.165) is 16.9 Å². The van der Waals surface area contributed by atoms with E-state index in [9.17, 15) is 4.79 Å². The topological polar surface area (TPSA) is 69.0 Å². The lowest BCUT2D eigenvalue weighted by Gasteiger charge is -2.26. The van der Waals surface area contributed by atoms with E-state index in [4.69, 9.17) is 4.74 Å². The molecule has 3 heterocycles. The van der Waals surface area contributed by atoms with E-state index in [1.807, 2.05) is 0 Å². The van der Waals surface area contributed by atoms with Crippen molar-refractivity contribution in [3.05, 3.63) is 59.7 Å². The van der Waals surface area contributed by atoms with Crippen molar-refractivity contribution in [1.82, 2.24) is 19.9 Å². The average Bonchev–Trinajstić information content (AvgIpc) is 2.98.